The summed E-state index contributed by atoms with van der Waals surface area (Å²) in [5, 5.41) is 21.0. The number of rotatable bonds is 9. The molecule has 3 rings (SSSR count). The van der Waals surface area contributed by atoms with Gasteiger partial charge in [0.05, 0.1) is 9.64 Å². The van der Waals surface area contributed by atoms with Gasteiger partial charge in [0.1, 0.15) is 18.1 Å². The lowest BCUT2D eigenvalue weighted by Crippen LogP contribution is -2.22. The quantitative estimate of drug-likeness (QED) is 0.0590. The lowest BCUT2D eigenvalue weighted by atomic mass is 9.79. The van der Waals surface area contributed by atoms with E-state index in [9.17, 15) is 20.0 Å². The summed E-state index contributed by atoms with van der Waals surface area (Å²) >= 11 is 3.54. The van der Waals surface area contributed by atoms with Crippen LogP contribution in [0.3, 0.4) is 0 Å². The molecule has 0 aliphatic rings. The highest BCUT2D eigenvalue weighted by Crippen LogP contribution is 2.51. The maximum absolute atomic E-state index is 13.5. The molecule has 3 aromatic carbocycles. The fourth-order valence-electron chi connectivity index (χ4n) is 5.30. The van der Waals surface area contributed by atoms with E-state index in [1.165, 1.54) is 0 Å². The van der Waals surface area contributed by atoms with Crippen LogP contribution >= 0.6 is 23.5 Å². The molecule has 0 unspecified atom stereocenters. The van der Waals surface area contributed by atoms with Gasteiger partial charge in [-0.25, -0.2) is 4.79 Å². The van der Waals surface area contributed by atoms with Gasteiger partial charge in [-0.05, 0) is 77.5 Å². The number of benzene rings is 3. The zero-order chi connectivity index (χ0) is 36.6. The SMILES string of the molecule is CC(C)(Sc1cc(C(C)(C)C)c(O)c(C(C)(C)C)c1)Sc1cc(C(C)(C)C)c(OC(=O)c2ccc(CO[N+](=O)[O-])cc2)c(C(C)(C)C)c1. The van der Waals surface area contributed by atoms with Crippen LogP contribution in [0, 0.1) is 10.1 Å². The first-order valence-electron chi connectivity index (χ1n) is 16.2. The van der Waals surface area contributed by atoms with Crippen molar-refractivity contribution in [2.24, 2.45) is 0 Å². The number of esters is 1. The average molecular weight is 696 g/mol. The molecule has 0 aromatic heterocycles. The first-order chi connectivity index (χ1) is 21.7. The summed E-state index contributed by atoms with van der Waals surface area (Å²) in [6, 6.07) is 15.0. The zero-order valence-corrected chi connectivity index (χ0v) is 32.7. The average Bonchev–Trinajstić information content (AvgIpc) is 2.90. The number of nitrogens with zero attached hydrogens (tertiary/aromatic N) is 1. The van der Waals surface area contributed by atoms with Gasteiger partial charge in [-0.3, -0.25) is 0 Å². The van der Waals surface area contributed by atoms with Gasteiger partial charge < -0.3 is 14.7 Å². The van der Waals surface area contributed by atoms with Crippen molar-refractivity contribution in [3.8, 4) is 11.5 Å². The number of aromatic hydroxyl groups is 1. The van der Waals surface area contributed by atoms with E-state index in [2.05, 4.69) is 126 Å². The third-order valence-corrected chi connectivity index (χ3v) is 10.3. The van der Waals surface area contributed by atoms with E-state index in [1.807, 2.05) is 0 Å². The third-order valence-electron chi connectivity index (χ3n) is 7.83. The van der Waals surface area contributed by atoms with Gasteiger partial charge >= 0.3 is 5.97 Å². The van der Waals surface area contributed by atoms with Crippen molar-refractivity contribution >= 4 is 29.5 Å². The molecule has 0 aliphatic carbocycles. The van der Waals surface area contributed by atoms with Gasteiger partial charge in [0.25, 0.3) is 5.09 Å². The molecule has 0 saturated heterocycles. The smallest absolute Gasteiger partial charge is 0.343 e. The Labute approximate surface area is 295 Å². The molecule has 0 bridgehead atoms. The topological polar surface area (TPSA) is 98.9 Å². The standard InChI is InChI=1S/C39H53NO6S2/c1-35(2,3)28-19-26(20-29(32(28)41)36(4,5)6)47-39(13,14)48-27-21-30(37(7,8)9)33(31(22-27)38(10,11)12)46-34(42)25-17-15-24(16-18-25)23-45-40(43)44/h15-22,41H,23H2,1-14H3. The molecule has 0 radical (unpaired) electrons. The lowest BCUT2D eigenvalue weighted by Gasteiger charge is -2.32. The molecule has 0 spiro atoms. The number of ether oxygens (including phenoxy) is 1. The lowest BCUT2D eigenvalue weighted by molar-refractivity contribution is -0.763. The summed E-state index contributed by atoms with van der Waals surface area (Å²) in [6.45, 7) is 29.7. The van der Waals surface area contributed by atoms with Crippen LogP contribution in [-0.4, -0.2) is 20.2 Å². The van der Waals surface area contributed by atoms with Crippen molar-refractivity contribution in [2.75, 3.05) is 0 Å². The molecule has 0 aliphatic heterocycles. The molecule has 262 valence electrons. The van der Waals surface area contributed by atoms with Gasteiger partial charge in [0.2, 0.25) is 0 Å². The Morgan fingerprint density at radius 1 is 0.688 bits per heavy atom. The summed E-state index contributed by atoms with van der Waals surface area (Å²) < 4.78 is 5.93. The molecule has 7 nitrogen and oxygen atoms in total. The Morgan fingerprint density at radius 2 is 1.06 bits per heavy atom. The number of thioether (sulfide) groups is 2. The molecule has 3 aromatic rings. The minimum Gasteiger partial charge on any atom is -0.507 e. The molecule has 9 heteroatoms. The Bertz CT molecular complexity index is 1580. The second kappa shape index (κ2) is 14.0. The van der Waals surface area contributed by atoms with Crippen LogP contribution in [0.2, 0.25) is 0 Å². The second-order valence-corrected chi connectivity index (χ2v) is 20.6. The van der Waals surface area contributed by atoms with Crippen LogP contribution in [0.4, 0.5) is 0 Å². The Morgan fingerprint density at radius 3 is 1.42 bits per heavy atom. The van der Waals surface area contributed by atoms with Crippen molar-refractivity contribution in [1.29, 1.82) is 0 Å². The van der Waals surface area contributed by atoms with Crippen molar-refractivity contribution in [3.63, 3.8) is 0 Å². The molecule has 0 saturated carbocycles. The highest BCUT2D eigenvalue weighted by atomic mass is 32.2. The molecule has 0 atom stereocenters. The largest absolute Gasteiger partial charge is 0.507 e. The number of carbonyl (C=O) groups is 1. The molecule has 48 heavy (non-hydrogen) atoms. The Balaban J connectivity index is 2.04. The summed E-state index contributed by atoms with van der Waals surface area (Å²) in [6.07, 6.45) is 0. The van der Waals surface area contributed by atoms with Gasteiger partial charge in [-0.2, -0.15) is 0 Å². The summed E-state index contributed by atoms with van der Waals surface area (Å²) in [4.78, 5) is 30.7. The minimum absolute atomic E-state index is 0.194. The molecule has 0 fully saturated rings. The van der Waals surface area contributed by atoms with Crippen molar-refractivity contribution in [2.45, 2.75) is 139 Å². The Kier molecular flexibility index (Phi) is 11.4. The van der Waals surface area contributed by atoms with E-state index < -0.39 is 11.1 Å². The van der Waals surface area contributed by atoms with Gasteiger partial charge in [-0.1, -0.05) is 95.2 Å². The van der Waals surface area contributed by atoms with Crippen molar-refractivity contribution in [3.05, 3.63) is 92.0 Å². The summed E-state index contributed by atoms with van der Waals surface area (Å²) in [5.41, 5.74) is 3.53. The van der Waals surface area contributed by atoms with Crippen LogP contribution in [0.5, 0.6) is 11.5 Å². The summed E-state index contributed by atoms with van der Waals surface area (Å²) in [7, 11) is 0. The number of phenols is 1. The minimum atomic E-state index is -0.842. The highest BCUT2D eigenvalue weighted by molar-refractivity contribution is 8.18. The normalized spacial score (nSPS) is 13.0. The molecular formula is C39H53NO6S2. The fraction of sp³-hybridized carbons (Fsp3) is 0.513. The van der Waals surface area contributed by atoms with Crippen LogP contribution in [0.1, 0.15) is 135 Å². The number of hydrogen-bond acceptors (Lipinski definition) is 8. The van der Waals surface area contributed by atoms with Gasteiger partial charge in [0, 0.05) is 32.0 Å². The molecular weight excluding hydrogens is 643 g/mol. The van der Waals surface area contributed by atoms with E-state index in [1.54, 1.807) is 47.8 Å². The predicted molar refractivity (Wildman–Crippen MR) is 198 cm³/mol. The number of carbonyl (C=O) groups excluding carboxylic acids is 1. The van der Waals surface area contributed by atoms with E-state index in [-0.39, 0.29) is 32.3 Å². The number of phenolic OH excluding ortho intramolecular Hbond substituents is 1. The van der Waals surface area contributed by atoms with Gasteiger partial charge in [0.15, 0.2) is 0 Å². The van der Waals surface area contributed by atoms with Crippen LogP contribution in [0.15, 0.2) is 58.3 Å². The number of hydrogen-bond donors (Lipinski definition) is 1. The monoisotopic (exact) mass is 695 g/mol. The van der Waals surface area contributed by atoms with Crippen LogP contribution in [0.25, 0.3) is 0 Å². The first kappa shape index (κ1) is 39.3. The maximum Gasteiger partial charge on any atom is 0.343 e. The fourth-order valence-corrected chi connectivity index (χ4v) is 7.89. The highest BCUT2D eigenvalue weighted by Gasteiger charge is 2.33. The summed E-state index contributed by atoms with van der Waals surface area (Å²) in [5.74, 6) is 0.429. The maximum atomic E-state index is 13.5. The van der Waals surface area contributed by atoms with E-state index in [0.717, 1.165) is 32.0 Å². The van der Waals surface area contributed by atoms with Crippen molar-refractivity contribution < 1.29 is 24.6 Å². The zero-order valence-electron chi connectivity index (χ0n) is 31.1. The third kappa shape index (κ3) is 10.2. The van der Waals surface area contributed by atoms with Crippen LogP contribution < -0.4 is 4.74 Å². The second-order valence-electron chi connectivity index (χ2n) is 16.9. The van der Waals surface area contributed by atoms with E-state index >= 15 is 0 Å². The molecule has 1 N–H and O–H groups in total. The Hall–Kier alpha value is -3.17. The van der Waals surface area contributed by atoms with E-state index in [0.29, 0.717) is 22.6 Å². The van der Waals surface area contributed by atoms with E-state index in [4.69, 9.17) is 4.74 Å². The predicted octanol–water partition coefficient (Wildman–Crippen LogP) is 11.1. The molecule has 0 amide bonds. The van der Waals surface area contributed by atoms with Gasteiger partial charge in [-0.15, -0.1) is 33.6 Å². The van der Waals surface area contributed by atoms with Crippen molar-refractivity contribution in [1.82, 2.24) is 0 Å². The molecule has 0 heterocycles. The first-order valence-corrected chi connectivity index (χ1v) is 17.9. The van der Waals surface area contributed by atoms with Crippen LogP contribution in [-0.2, 0) is 33.1 Å².